The summed E-state index contributed by atoms with van der Waals surface area (Å²) in [5.41, 5.74) is -3.35. The third kappa shape index (κ3) is 5.37. The molecule has 1 saturated heterocycles. The van der Waals surface area contributed by atoms with Crippen LogP contribution in [-0.4, -0.2) is 44.0 Å². The molecule has 0 unspecified atom stereocenters. The average molecular weight is 446 g/mol. The number of carbonyl (C=O) groups is 1. The Labute approximate surface area is 174 Å². The van der Waals surface area contributed by atoms with Crippen molar-refractivity contribution < 1.29 is 35.9 Å². The van der Waals surface area contributed by atoms with E-state index >= 15 is 0 Å². The fourth-order valence-electron chi connectivity index (χ4n) is 3.48. The van der Waals surface area contributed by atoms with Crippen LogP contribution < -0.4 is 10.1 Å². The Kier molecular flexibility index (Phi) is 6.61. The van der Waals surface area contributed by atoms with Crippen molar-refractivity contribution in [3.05, 3.63) is 64.2 Å². The van der Waals surface area contributed by atoms with Crippen LogP contribution in [0, 0.1) is 0 Å². The second-order valence-corrected chi connectivity index (χ2v) is 7.14. The lowest BCUT2D eigenvalue weighted by Gasteiger charge is -2.28. The lowest BCUT2D eigenvalue weighted by Crippen LogP contribution is -2.43. The summed E-state index contributed by atoms with van der Waals surface area (Å²) >= 11 is 0. The molecule has 0 bridgehead atoms. The fraction of sp³-hybridized carbons (Fsp3) is 0.381. The monoisotopic (exact) mass is 446 g/mol. The lowest BCUT2D eigenvalue weighted by molar-refractivity contribution is -0.143. The molecule has 1 aliphatic heterocycles. The number of ether oxygens (including phenoxy) is 1. The van der Waals surface area contributed by atoms with E-state index < -0.39 is 34.8 Å². The van der Waals surface area contributed by atoms with E-state index in [4.69, 9.17) is 4.74 Å². The highest BCUT2D eigenvalue weighted by Gasteiger charge is 2.38. The maximum absolute atomic E-state index is 13.2. The largest absolute Gasteiger partial charge is 0.496 e. The molecule has 1 aliphatic rings. The first-order chi connectivity index (χ1) is 14.5. The van der Waals surface area contributed by atoms with E-state index in [2.05, 4.69) is 5.32 Å². The minimum atomic E-state index is -5.04. The van der Waals surface area contributed by atoms with E-state index in [1.165, 1.54) is 13.2 Å². The van der Waals surface area contributed by atoms with Crippen molar-refractivity contribution >= 4 is 5.78 Å². The van der Waals surface area contributed by atoms with Crippen LogP contribution in [0.2, 0.25) is 0 Å². The van der Waals surface area contributed by atoms with Crippen LogP contribution in [0.1, 0.15) is 32.6 Å². The number of alkyl halides is 6. The van der Waals surface area contributed by atoms with Crippen LogP contribution in [0.5, 0.6) is 5.75 Å². The molecule has 0 spiro atoms. The molecular formula is C21H20F6N2O2. The summed E-state index contributed by atoms with van der Waals surface area (Å²) in [6, 6.07) is 5.58. The standard InChI is InChI=1S/C21H20F6N2O2/c1-31-17-4-2-3-13(12-29-7-5-28-6-8-29)18(17)19(30)14-9-15(20(22,23)24)11-16(10-14)21(25,26)27/h2-4,9-11,28H,5-8,12H2,1H3. The molecule has 0 atom stereocenters. The van der Waals surface area contributed by atoms with Crippen LogP contribution in [0.3, 0.4) is 0 Å². The number of benzene rings is 2. The lowest BCUT2D eigenvalue weighted by atomic mass is 9.94. The van der Waals surface area contributed by atoms with Crippen molar-refractivity contribution in [2.24, 2.45) is 0 Å². The molecular weight excluding hydrogens is 426 g/mol. The second-order valence-electron chi connectivity index (χ2n) is 7.14. The summed E-state index contributed by atoms with van der Waals surface area (Å²) in [5, 5.41) is 3.18. The zero-order valence-corrected chi connectivity index (χ0v) is 16.5. The Morgan fingerprint density at radius 1 is 1.00 bits per heavy atom. The molecule has 10 heteroatoms. The Morgan fingerprint density at radius 3 is 2.10 bits per heavy atom. The maximum atomic E-state index is 13.2. The molecule has 4 nitrogen and oxygen atoms in total. The SMILES string of the molecule is COc1cccc(CN2CCNCC2)c1C(=O)c1cc(C(F)(F)F)cc(C(F)(F)F)c1. The van der Waals surface area contributed by atoms with Crippen LogP contribution in [0.4, 0.5) is 26.3 Å². The van der Waals surface area contributed by atoms with Gasteiger partial charge in [0.1, 0.15) is 5.75 Å². The minimum absolute atomic E-state index is 0.000643. The third-order valence-corrected chi connectivity index (χ3v) is 5.01. The van der Waals surface area contributed by atoms with Gasteiger partial charge in [0.2, 0.25) is 0 Å². The van der Waals surface area contributed by atoms with E-state index in [-0.39, 0.29) is 17.4 Å². The molecule has 0 saturated carbocycles. The van der Waals surface area contributed by atoms with Crippen molar-refractivity contribution in [2.75, 3.05) is 33.3 Å². The van der Waals surface area contributed by atoms with Gasteiger partial charge in [-0.1, -0.05) is 12.1 Å². The fourth-order valence-corrected chi connectivity index (χ4v) is 3.48. The zero-order valence-electron chi connectivity index (χ0n) is 16.5. The molecule has 1 N–H and O–H groups in total. The third-order valence-electron chi connectivity index (χ3n) is 5.01. The Morgan fingerprint density at radius 2 is 1.58 bits per heavy atom. The molecule has 1 fully saturated rings. The van der Waals surface area contributed by atoms with Crippen molar-refractivity contribution in [2.45, 2.75) is 18.9 Å². The molecule has 0 radical (unpaired) electrons. The predicted octanol–water partition coefficient (Wildman–Crippen LogP) is 4.37. The highest BCUT2D eigenvalue weighted by Crippen LogP contribution is 2.37. The topological polar surface area (TPSA) is 41.6 Å². The zero-order chi connectivity index (χ0) is 22.8. The first-order valence-corrected chi connectivity index (χ1v) is 9.44. The molecule has 3 rings (SSSR count). The van der Waals surface area contributed by atoms with Gasteiger partial charge in [-0.25, -0.2) is 0 Å². The number of nitrogens with zero attached hydrogens (tertiary/aromatic N) is 1. The normalized spacial score (nSPS) is 15.7. The number of ketones is 1. The van der Waals surface area contributed by atoms with E-state index in [9.17, 15) is 31.1 Å². The van der Waals surface area contributed by atoms with Crippen molar-refractivity contribution in [1.82, 2.24) is 10.2 Å². The number of rotatable bonds is 5. The van der Waals surface area contributed by atoms with Crippen molar-refractivity contribution in [1.29, 1.82) is 0 Å². The maximum Gasteiger partial charge on any atom is 0.416 e. The van der Waals surface area contributed by atoms with Crippen molar-refractivity contribution in [3.8, 4) is 5.75 Å². The van der Waals surface area contributed by atoms with Gasteiger partial charge >= 0.3 is 12.4 Å². The average Bonchev–Trinajstić information content (AvgIpc) is 2.72. The molecule has 2 aromatic rings. The first-order valence-electron chi connectivity index (χ1n) is 9.44. The summed E-state index contributed by atoms with van der Waals surface area (Å²) < 4.78 is 84.5. The number of halogens is 6. The summed E-state index contributed by atoms with van der Waals surface area (Å²) in [7, 11) is 1.29. The summed E-state index contributed by atoms with van der Waals surface area (Å²) in [5.74, 6) is -0.872. The Balaban J connectivity index is 2.09. The summed E-state index contributed by atoms with van der Waals surface area (Å²) in [6.07, 6.45) is -10.1. The molecule has 168 valence electrons. The molecule has 0 aromatic heterocycles. The van der Waals surface area contributed by atoms with Crippen LogP contribution >= 0.6 is 0 Å². The van der Waals surface area contributed by atoms with Gasteiger partial charge in [-0.05, 0) is 29.8 Å². The van der Waals surface area contributed by atoms with E-state index in [1.54, 1.807) is 12.1 Å². The number of carbonyl (C=O) groups excluding carboxylic acids is 1. The molecule has 1 heterocycles. The highest BCUT2D eigenvalue weighted by molar-refractivity contribution is 6.12. The van der Waals surface area contributed by atoms with Crippen molar-refractivity contribution in [3.63, 3.8) is 0 Å². The van der Waals surface area contributed by atoms with Crippen LogP contribution in [0.25, 0.3) is 0 Å². The van der Waals surface area contributed by atoms with Gasteiger partial charge < -0.3 is 10.1 Å². The molecule has 0 amide bonds. The van der Waals surface area contributed by atoms with E-state index in [0.717, 1.165) is 13.1 Å². The van der Waals surface area contributed by atoms with Gasteiger partial charge in [-0.15, -0.1) is 0 Å². The van der Waals surface area contributed by atoms with Gasteiger partial charge in [0.15, 0.2) is 5.78 Å². The van der Waals surface area contributed by atoms with Gasteiger partial charge in [-0.2, -0.15) is 26.3 Å². The summed E-state index contributed by atoms with van der Waals surface area (Å²) in [4.78, 5) is 15.2. The van der Waals surface area contributed by atoms with E-state index in [1.807, 2.05) is 4.90 Å². The number of piperazine rings is 1. The predicted molar refractivity (Wildman–Crippen MR) is 101 cm³/mol. The quantitative estimate of drug-likeness (QED) is 0.547. The minimum Gasteiger partial charge on any atom is -0.496 e. The first kappa shape index (κ1) is 23.1. The van der Waals surface area contributed by atoms with Crippen LogP contribution in [-0.2, 0) is 18.9 Å². The Bertz CT molecular complexity index is 918. The Hall–Kier alpha value is -2.59. The number of hydrogen-bond acceptors (Lipinski definition) is 4. The van der Waals surface area contributed by atoms with Gasteiger partial charge in [0.25, 0.3) is 0 Å². The van der Waals surface area contributed by atoms with E-state index in [0.29, 0.717) is 37.3 Å². The molecule has 2 aromatic carbocycles. The molecule has 31 heavy (non-hydrogen) atoms. The highest BCUT2D eigenvalue weighted by atomic mass is 19.4. The van der Waals surface area contributed by atoms with Gasteiger partial charge in [0, 0.05) is 38.3 Å². The molecule has 0 aliphatic carbocycles. The van der Waals surface area contributed by atoms with Gasteiger partial charge in [0.05, 0.1) is 23.8 Å². The number of hydrogen-bond donors (Lipinski definition) is 1. The van der Waals surface area contributed by atoms with Crippen LogP contribution in [0.15, 0.2) is 36.4 Å². The summed E-state index contributed by atoms with van der Waals surface area (Å²) in [6.45, 7) is 3.15. The smallest absolute Gasteiger partial charge is 0.416 e. The number of methoxy groups -OCH3 is 1. The van der Waals surface area contributed by atoms with Gasteiger partial charge in [-0.3, -0.25) is 9.69 Å². The number of nitrogens with one attached hydrogen (secondary N) is 1. The second kappa shape index (κ2) is 8.88.